The molecule has 1 heterocycles. The smallest absolute Gasteiger partial charge is 0.254 e. The van der Waals surface area contributed by atoms with Gasteiger partial charge in [-0.25, -0.2) is 4.39 Å². The maximum atomic E-state index is 13.7. The Hall–Kier alpha value is -3.47. The monoisotopic (exact) mass is 402 g/mol. The van der Waals surface area contributed by atoms with Crippen LogP contribution in [0.4, 0.5) is 4.39 Å². The van der Waals surface area contributed by atoms with E-state index in [1.807, 2.05) is 61.5 Å². The van der Waals surface area contributed by atoms with Gasteiger partial charge in [-0.3, -0.25) is 4.79 Å². The van der Waals surface area contributed by atoms with Crippen molar-refractivity contribution in [3.05, 3.63) is 107 Å². The zero-order valence-electron chi connectivity index (χ0n) is 16.8. The molecule has 0 aromatic heterocycles. The van der Waals surface area contributed by atoms with Crippen LogP contribution >= 0.6 is 0 Å². The molecule has 3 aromatic rings. The number of oxime groups is 1. The van der Waals surface area contributed by atoms with Crippen LogP contribution < -0.4 is 0 Å². The molecule has 0 bridgehead atoms. The maximum Gasteiger partial charge on any atom is 0.254 e. The summed E-state index contributed by atoms with van der Waals surface area (Å²) in [6.45, 7) is 2.82. The van der Waals surface area contributed by atoms with Crippen molar-refractivity contribution in [2.24, 2.45) is 5.16 Å². The third-order valence-electron chi connectivity index (χ3n) is 5.19. The SMILES string of the molecule is Cc1ccccc1C1=NO[C@H](CN(Cc2ccccc2)C(=O)c2cccc(F)c2)C1. The van der Waals surface area contributed by atoms with Crippen molar-refractivity contribution in [1.82, 2.24) is 4.90 Å². The molecule has 0 unspecified atom stereocenters. The number of aryl methyl sites for hydroxylation is 1. The predicted molar refractivity (Wildman–Crippen MR) is 115 cm³/mol. The van der Waals surface area contributed by atoms with Crippen molar-refractivity contribution in [2.45, 2.75) is 26.0 Å². The molecule has 0 spiro atoms. The van der Waals surface area contributed by atoms with E-state index in [-0.39, 0.29) is 12.0 Å². The van der Waals surface area contributed by atoms with Gasteiger partial charge in [0.1, 0.15) is 5.82 Å². The molecular weight excluding hydrogens is 379 g/mol. The van der Waals surface area contributed by atoms with Crippen molar-refractivity contribution in [3.63, 3.8) is 0 Å². The van der Waals surface area contributed by atoms with Crippen molar-refractivity contribution in [2.75, 3.05) is 6.54 Å². The fourth-order valence-electron chi connectivity index (χ4n) is 3.66. The third-order valence-corrected chi connectivity index (χ3v) is 5.19. The number of rotatable bonds is 6. The molecule has 1 amide bonds. The van der Waals surface area contributed by atoms with Gasteiger partial charge in [-0.2, -0.15) is 0 Å². The Morgan fingerprint density at radius 2 is 1.83 bits per heavy atom. The molecule has 4 nitrogen and oxygen atoms in total. The van der Waals surface area contributed by atoms with Crippen LogP contribution in [0.25, 0.3) is 0 Å². The molecule has 0 saturated carbocycles. The highest BCUT2D eigenvalue weighted by molar-refractivity contribution is 6.02. The Morgan fingerprint density at radius 3 is 2.60 bits per heavy atom. The lowest BCUT2D eigenvalue weighted by atomic mass is 10.00. The van der Waals surface area contributed by atoms with Crippen molar-refractivity contribution in [3.8, 4) is 0 Å². The van der Waals surface area contributed by atoms with Gasteiger partial charge in [0.25, 0.3) is 5.91 Å². The summed E-state index contributed by atoms with van der Waals surface area (Å²) in [7, 11) is 0. The second-order valence-corrected chi connectivity index (χ2v) is 7.47. The number of hydrogen-bond donors (Lipinski definition) is 0. The van der Waals surface area contributed by atoms with Crippen LogP contribution in [-0.4, -0.2) is 29.2 Å². The molecule has 0 N–H and O–H groups in total. The number of carbonyl (C=O) groups excluding carboxylic acids is 1. The number of benzene rings is 3. The maximum absolute atomic E-state index is 13.7. The molecule has 30 heavy (non-hydrogen) atoms. The molecule has 152 valence electrons. The second kappa shape index (κ2) is 8.91. The first-order valence-electron chi connectivity index (χ1n) is 9.97. The fraction of sp³-hybridized carbons (Fsp3) is 0.200. The highest BCUT2D eigenvalue weighted by Crippen LogP contribution is 2.21. The van der Waals surface area contributed by atoms with Gasteiger partial charge in [-0.15, -0.1) is 0 Å². The largest absolute Gasteiger partial charge is 0.390 e. The van der Waals surface area contributed by atoms with Crippen LogP contribution in [0.5, 0.6) is 0 Å². The Balaban J connectivity index is 1.52. The number of carbonyl (C=O) groups is 1. The first-order valence-corrected chi connectivity index (χ1v) is 9.97. The van der Waals surface area contributed by atoms with Crippen LogP contribution in [0, 0.1) is 12.7 Å². The third kappa shape index (κ3) is 4.57. The van der Waals surface area contributed by atoms with Crippen molar-refractivity contribution >= 4 is 11.6 Å². The summed E-state index contributed by atoms with van der Waals surface area (Å²) in [5.74, 6) is -0.658. The average molecular weight is 402 g/mol. The minimum Gasteiger partial charge on any atom is -0.390 e. The number of nitrogens with zero attached hydrogens (tertiary/aromatic N) is 2. The van der Waals surface area contributed by atoms with Crippen LogP contribution in [0.2, 0.25) is 0 Å². The van der Waals surface area contributed by atoms with Gasteiger partial charge in [0.05, 0.1) is 12.3 Å². The molecule has 3 aromatic carbocycles. The zero-order valence-corrected chi connectivity index (χ0v) is 16.8. The molecule has 1 atom stereocenters. The first-order chi connectivity index (χ1) is 14.6. The van der Waals surface area contributed by atoms with E-state index in [0.29, 0.717) is 25.1 Å². The lowest BCUT2D eigenvalue weighted by Crippen LogP contribution is -2.37. The van der Waals surface area contributed by atoms with Gasteiger partial charge >= 0.3 is 0 Å². The Bertz CT molecular complexity index is 1070. The molecule has 1 aliphatic heterocycles. The van der Waals surface area contributed by atoms with Crippen molar-refractivity contribution in [1.29, 1.82) is 0 Å². The summed E-state index contributed by atoms with van der Waals surface area (Å²) in [4.78, 5) is 20.5. The van der Waals surface area contributed by atoms with E-state index in [0.717, 1.165) is 22.4 Å². The number of amides is 1. The normalized spacial score (nSPS) is 15.4. The molecule has 4 rings (SSSR count). The summed E-state index contributed by atoms with van der Waals surface area (Å²) < 4.78 is 13.7. The van der Waals surface area contributed by atoms with Gasteiger partial charge in [-0.05, 0) is 36.2 Å². The van der Waals surface area contributed by atoms with E-state index in [1.165, 1.54) is 12.1 Å². The lowest BCUT2D eigenvalue weighted by Gasteiger charge is -2.25. The highest BCUT2D eigenvalue weighted by Gasteiger charge is 2.28. The minimum absolute atomic E-state index is 0.230. The van der Waals surface area contributed by atoms with Crippen LogP contribution in [0.3, 0.4) is 0 Å². The van der Waals surface area contributed by atoms with Gasteiger partial charge < -0.3 is 9.74 Å². The molecule has 0 fully saturated rings. The zero-order chi connectivity index (χ0) is 20.9. The quantitative estimate of drug-likeness (QED) is 0.584. The van der Waals surface area contributed by atoms with E-state index in [1.54, 1.807) is 17.0 Å². The van der Waals surface area contributed by atoms with Gasteiger partial charge in [0.15, 0.2) is 6.10 Å². The lowest BCUT2D eigenvalue weighted by molar-refractivity contribution is 0.0405. The van der Waals surface area contributed by atoms with Crippen molar-refractivity contribution < 1.29 is 14.0 Å². The summed E-state index contributed by atoms with van der Waals surface area (Å²) >= 11 is 0. The first kappa shape index (κ1) is 19.8. The standard InChI is InChI=1S/C25H23FN2O2/c1-18-8-5-6-13-23(18)24-15-22(30-27-24)17-28(16-19-9-3-2-4-10-19)25(29)20-11-7-12-21(26)14-20/h2-14,22H,15-17H2,1H3/t22-/m0/s1. The molecule has 1 aliphatic rings. The number of halogens is 1. The fourth-order valence-corrected chi connectivity index (χ4v) is 3.66. The summed E-state index contributed by atoms with van der Waals surface area (Å²) in [6, 6.07) is 23.6. The van der Waals surface area contributed by atoms with Crippen LogP contribution in [-0.2, 0) is 11.4 Å². The van der Waals surface area contributed by atoms with E-state index in [9.17, 15) is 9.18 Å². The number of hydrogen-bond acceptors (Lipinski definition) is 3. The van der Waals surface area contributed by atoms with Gasteiger partial charge in [-0.1, -0.05) is 65.8 Å². The molecule has 0 aliphatic carbocycles. The van der Waals surface area contributed by atoms with Gasteiger partial charge in [0.2, 0.25) is 0 Å². The summed E-state index contributed by atoms with van der Waals surface area (Å²) in [5.41, 5.74) is 4.41. The molecule has 5 heteroatoms. The minimum atomic E-state index is -0.428. The Morgan fingerprint density at radius 1 is 1.07 bits per heavy atom. The Labute approximate surface area is 175 Å². The molecular formula is C25H23FN2O2. The highest BCUT2D eigenvalue weighted by atomic mass is 19.1. The Kier molecular flexibility index (Phi) is 5.89. The topological polar surface area (TPSA) is 41.9 Å². The average Bonchev–Trinajstić information content (AvgIpc) is 3.22. The summed E-state index contributed by atoms with van der Waals surface area (Å²) in [6.07, 6.45) is 0.368. The molecule has 0 radical (unpaired) electrons. The predicted octanol–water partition coefficient (Wildman–Crippen LogP) is 4.97. The van der Waals surface area contributed by atoms with E-state index < -0.39 is 5.82 Å². The molecule has 0 saturated heterocycles. The van der Waals surface area contributed by atoms with Crippen LogP contribution in [0.1, 0.15) is 33.5 Å². The second-order valence-electron chi connectivity index (χ2n) is 7.47. The van der Waals surface area contributed by atoms with E-state index in [2.05, 4.69) is 5.16 Å². The van der Waals surface area contributed by atoms with E-state index >= 15 is 0 Å². The van der Waals surface area contributed by atoms with Crippen LogP contribution in [0.15, 0.2) is 84.0 Å². The van der Waals surface area contributed by atoms with Gasteiger partial charge in [0, 0.05) is 24.1 Å². The summed E-state index contributed by atoms with van der Waals surface area (Å²) in [5, 5.41) is 4.27. The van der Waals surface area contributed by atoms with E-state index in [4.69, 9.17) is 4.84 Å².